The molecule has 1 unspecified atom stereocenters. The molecule has 0 saturated carbocycles. The zero-order valence-corrected chi connectivity index (χ0v) is 23.0. The number of hydrogen-bond acceptors (Lipinski definition) is 6. The first-order valence-corrected chi connectivity index (χ1v) is 14.5. The number of esters is 1. The predicted molar refractivity (Wildman–Crippen MR) is 146 cm³/mol. The maximum Gasteiger partial charge on any atom is 0.325 e. The molecule has 8 nitrogen and oxygen atoms in total. The Labute approximate surface area is 224 Å². The van der Waals surface area contributed by atoms with E-state index in [1.165, 1.54) is 24.1 Å². The lowest BCUT2D eigenvalue weighted by Crippen LogP contribution is -2.67. The number of aliphatic hydroxyl groups is 1. The van der Waals surface area contributed by atoms with E-state index in [0.717, 1.165) is 10.4 Å². The molecule has 2 aliphatic rings. The van der Waals surface area contributed by atoms with Crippen LogP contribution in [-0.2, 0) is 18.7 Å². The molecule has 0 aliphatic carbocycles. The average molecular weight is 535 g/mol. The quantitative estimate of drug-likeness (QED) is 0.322. The van der Waals surface area contributed by atoms with Crippen LogP contribution in [0.25, 0.3) is 0 Å². The third kappa shape index (κ3) is 5.26. The normalized spacial score (nSPS) is 25.5. The summed E-state index contributed by atoms with van der Waals surface area (Å²) in [7, 11) is -2.89. The van der Waals surface area contributed by atoms with Gasteiger partial charge in [-0.25, -0.2) is 4.79 Å². The summed E-state index contributed by atoms with van der Waals surface area (Å²) < 4.78 is 18.9. The number of nitrogens with zero attached hydrogens (tertiary/aromatic N) is 1. The summed E-state index contributed by atoms with van der Waals surface area (Å²) >= 11 is 0. The van der Waals surface area contributed by atoms with E-state index in [0.29, 0.717) is 0 Å². The second-order valence-electron chi connectivity index (χ2n) is 10.4. The molecule has 0 aromatic heterocycles. The van der Waals surface area contributed by atoms with Crippen LogP contribution in [0.3, 0.4) is 0 Å². The SMILES string of the molecule is C#C[C@H]1[C@@H](OC(C)=O)[C@H](N2C=CC(O)NC2=O)O[C@@H]1CO[Si-](c1ccccc1)(c1ccccc1)C(C)(C)C. The monoisotopic (exact) mass is 534 g/mol. The van der Waals surface area contributed by atoms with E-state index in [1.807, 2.05) is 36.4 Å². The number of urea groups is 1. The molecular weight excluding hydrogens is 500 g/mol. The molecule has 0 bridgehead atoms. The number of terminal acetylenes is 1. The van der Waals surface area contributed by atoms with Crippen molar-refractivity contribution in [2.75, 3.05) is 6.61 Å². The molecule has 9 heteroatoms. The first kappa shape index (κ1) is 27.6. The first-order valence-electron chi connectivity index (χ1n) is 12.6. The summed E-state index contributed by atoms with van der Waals surface area (Å²) in [6.07, 6.45) is 5.05. The molecule has 201 valence electrons. The lowest BCUT2D eigenvalue weighted by atomic mass is 9.99. The van der Waals surface area contributed by atoms with Crippen molar-refractivity contribution < 1.29 is 28.6 Å². The Morgan fingerprint density at radius 2 is 1.71 bits per heavy atom. The van der Waals surface area contributed by atoms with Gasteiger partial charge in [0.2, 0.25) is 0 Å². The molecule has 0 radical (unpaired) electrons. The number of aliphatic hydroxyl groups excluding tert-OH is 1. The molecule has 5 atom stereocenters. The third-order valence-electron chi connectivity index (χ3n) is 6.93. The van der Waals surface area contributed by atoms with Gasteiger partial charge < -0.3 is 24.3 Å². The first-order chi connectivity index (χ1) is 18.1. The van der Waals surface area contributed by atoms with Crippen LogP contribution in [0, 0.1) is 18.3 Å². The number of amides is 2. The van der Waals surface area contributed by atoms with Crippen molar-refractivity contribution in [2.45, 2.75) is 57.4 Å². The largest absolute Gasteiger partial charge is 0.556 e. The Morgan fingerprint density at radius 3 is 2.18 bits per heavy atom. The van der Waals surface area contributed by atoms with Gasteiger partial charge in [0.15, 0.2) is 12.3 Å². The van der Waals surface area contributed by atoms with Gasteiger partial charge in [0.05, 0.1) is 20.3 Å². The van der Waals surface area contributed by atoms with Gasteiger partial charge in [0.25, 0.3) is 0 Å². The van der Waals surface area contributed by atoms with Gasteiger partial charge in [0.1, 0.15) is 6.23 Å². The number of ether oxygens (including phenoxy) is 2. The van der Waals surface area contributed by atoms with E-state index >= 15 is 0 Å². The highest BCUT2D eigenvalue weighted by Crippen LogP contribution is 2.39. The van der Waals surface area contributed by atoms with E-state index in [9.17, 15) is 14.7 Å². The number of hydrogen-bond donors (Lipinski definition) is 2. The van der Waals surface area contributed by atoms with E-state index in [4.69, 9.17) is 20.3 Å². The Morgan fingerprint density at radius 1 is 1.13 bits per heavy atom. The molecule has 1 fully saturated rings. The lowest BCUT2D eigenvalue weighted by molar-refractivity contribution is -0.154. The summed E-state index contributed by atoms with van der Waals surface area (Å²) in [5.41, 5.74) is 0. The molecule has 1 saturated heterocycles. The van der Waals surface area contributed by atoms with E-state index in [-0.39, 0.29) is 11.6 Å². The summed E-state index contributed by atoms with van der Waals surface area (Å²) in [6.45, 7) is 7.93. The average Bonchev–Trinajstić information content (AvgIpc) is 3.21. The molecular formula is C29H34N2O6Si-. The van der Waals surface area contributed by atoms with Crippen LogP contribution in [0.15, 0.2) is 72.9 Å². The maximum atomic E-state index is 12.7. The maximum absolute atomic E-state index is 12.7. The molecule has 2 aromatic carbocycles. The van der Waals surface area contributed by atoms with Gasteiger partial charge in [-0.15, -0.1) is 11.5 Å². The molecule has 38 heavy (non-hydrogen) atoms. The molecule has 2 aromatic rings. The molecule has 0 spiro atoms. The van der Waals surface area contributed by atoms with Crippen LogP contribution in [-0.4, -0.2) is 61.6 Å². The predicted octanol–water partition coefficient (Wildman–Crippen LogP) is 2.33. The van der Waals surface area contributed by atoms with Gasteiger partial charge in [-0.05, 0) is 6.08 Å². The van der Waals surface area contributed by atoms with Crippen LogP contribution in [0.5, 0.6) is 0 Å². The van der Waals surface area contributed by atoms with Crippen molar-refractivity contribution in [1.82, 2.24) is 10.2 Å². The van der Waals surface area contributed by atoms with Crippen molar-refractivity contribution in [1.29, 1.82) is 0 Å². The zero-order chi connectivity index (χ0) is 27.5. The molecule has 2 amide bonds. The fourth-order valence-electron chi connectivity index (χ4n) is 5.28. The minimum atomic E-state index is -2.89. The van der Waals surface area contributed by atoms with Crippen LogP contribution in [0.1, 0.15) is 27.7 Å². The Balaban J connectivity index is 1.71. The van der Waals surface area contributed by atoms with Gasteiger partial charge in [0, 0.05) is 19.7 Å². The van der Waals surface area contributed by atoms with Gasteiger partial charge >= 0.3 is 12.0 Å². The van der Waals surface area contributed by atoms with Crippen molar-refractivity contribution in [3.63, 3.8) is 0 Å². The van der Waals surface area contributed by atoms with Gasteiger partial charge in [-0.1, -0.05) is 87.4 Å². The second kappa shape index (κ2) is 11.1. The second-order valence-corrected chi connectivity index (χ2v) is 14.8. The fourth-order valence-corrected chi connectivity index (χ4v) is 9.85. The number of carbonyl (C=O) groups excluding carboxylic acids is 2. The topological polar surface area (TPSA) is 97.3 Å². The van der Waals surface area contributed by atoms with E-state index in [1.54, 1.807) is 0 Å². The lowest BCUT2D eigenvalue weighted by Gasteiger charge is -2.56. The van der Waals surface area contributed by atoms with Crippen LogP contribution in [0.2, 0.25) is 5.04 Å². The third-order valence-corrected chi connectivity index (χ3v) is 11.9. The van der Waals surface area contributed by atoms with Crippen molar-refractivity contribution >= 4 is 30.7 Å². The summed E-state index contributed by atoms with van der Waals surface area (Å²) in [5, 5.41) is 14.1. The van der Waals surface area contributed by atoms with Crippen molar-refractivity contribution in [2.24, 2.45) is 5.92 Å². The highest BCUT2D eigenvalue weighted by molar-refractivity contribution is 6.99. The highest BCUT2D eigenvalue weighted by Gasteiger charge is 2.50. The summed E-state index contributed by atoms with van der Waals surface area (Å²) in [5.74, 6) is 1.50. The minimum absolute atomic E-state index is 0.123. The number of benzene rings is 2. The number of rotatable bonds is 7. The number of nitrogens with one attached hydrogen (secondary N) is 1. The standard InChI is InChI=1S/C29H34N2O6Si/c1-6-23-24(37-27(26(23)36-20(2)32)31-18-17-25(33)30-28(31)34)19-35-38(29(3,4)5,21-13-9-7-10-14-21)22-15-11-8-12-16-22/h1,7-18,23-27,33H,19H2,2-5H3,(H,30,34)/q-1/t23-,24-,25?,26-,27-/m1/s1. The Hall–Kier alpha value is -3.42. The zero-order valence-electron chi connectivity index (χ0n) is 22.0. The summed E-state index contributed by atoms with van der Waals surface area (Å²) in [4.78, 5) is 25.9. The molecule has 2 heterocycles. The molecule has 2 aliphatic heterocycles. The van der Waals surface area contributed by atoms with Crippen LogP contribution in [0.4, 0.5) is 4.79 Å². The van der Waals surface area contributed by atoms with E-state index < -0.39 is 50.9 Å². The van der Waals surface area contributed by atoms with Crippen molar-refractivity contribution in [3.05, 3.63) is 72.9 Å². The summed E-state index contributed by atoms with van der Waals surface area (Å²) in [6, 6.07) is 19.8. The van der Waals surface area contributed by atoms with Gasteiger partial charge in [-0.2, -0.15) is 10.4 Å². The Kier molecular flexibility index (Phi) is 8.09. The van der Waals surface area contributed by atoms with E-state index in [2.05, 4.69) is 56.3 Å². The Bertz CT molecular complexity index is 1170. The highest BCUT2D eigenvalue weighted by atomic mass is 28.4. The molecule has 2 N–H and O–H groups in total. The smallest absolute Gasteiger partial charge is 0.325 e. The fraction of sp³-hybridized carbons (Fsp3) is 0.379. The van der Waals surface area contributed by atoms with Crippen LogP contribution >= 0.6 is 0 Å². The molecule has 4 rings (SSSR count). The minimum Gasteiger partial charge on any atom is -0.556 e. The van der Waals surface area contributed by atoms with Gasteiger partial charge in [-0.3, -0.25) is 9.69 Å². The van der Waals surface area contributed by atoms with Crippen molar-refractivity contribution in [3.8, 4) is 12.3 Å². The van der Waals surface area contributed by atoms with Crippen LogP contribution < -0.4 is 15.7 Å². The number of carbonyl (C=O) groups is 2.